The molecule has 0 bridgehead atoms. The Hall–Kier alpha value is -1.31. The number of carbonyl (C=O) groups excluding carboxylic acids is 1. The number of hydrogen-bond acceptors (Lipinski definition) is 3. The Morgan fingerprint density at radius 2 is 2.30 bits per heavy atom. The predicted octanol–water partition coefficient (Wildman–Crippen LogP) is 2.61. The SMILES string of the molecule is CC1CCC(NC(=O)c2csc(C#CCN)c2)C(C)C1. The largest absolute Gasteiger partial charge is 0.349 e. The fourth-order valence-corrected chi connectivity index (χ4v) is 3.55. The maximum Gasteiger partial charge on any atom is 0.252 e. The summed E-state index contributed by atoms with van der Waals surface area (Å²) in [5, 5.41) is 5.04. The van der Waals surface area contributed by atoms with Gasteiger partial charge in [-0.15, -0.1) is 11.3 Å². The fourth-order valence-electron chi connectivity index (χ4n) is 2.79. The second kappa shape index (κ2) is 6.92. The summed E-state index contributed by atoms with van der Waals surface area (Å²) in [4.78, 5) is 13.1. The van der Waals surface area contributed by atoms with Gasteiger partial charge in [0.2, 0.25) is 0 Å². The number of nitrogens with one attached hydrogen (secondary N) is 1. The van der Waals surface area contributed by atoms with E-state index in [1.165, 1.54) is 24.2 Å². The standard InChI is InChI=1S/C16H22N2OS/c1-11-5-6-15(12(2)8-11)18-16(19)13-9-14(20-10-13)4-3-7-17/h9-12,15H,5-8,17H2,1-2H3,(H,18,19). The third-order valence-corrected chi connectivity index (χ3v) is 4.77. The summed E-state index contributed by atoms with van der Waals surface area (Å²) in [5.74, 6) is 7.12. The lowest BCUT2D eigenvalue weighted by Crippen LogP contribution is -2.42. The zero-order valence-electron chi connectivity index (χ0n) is 12.1. The molecule has 0 aliphatic heterocycles. The minimum atomic E-state index is 0.0217. The molecular weight excluding hydrogens is 268 g/mol. The van der Waals surface area contributed by atoms with E-state index in [9.17, 15) is 4.79 Å². The van der Waals surface area contributed by atoms with Gasteiger partial charge < -0.3 is 11.1 Å². The van der Waals surface area contributed by atoms with Gasteiger partial charge in [0.1, 0.15) is 0 Å². The van der Waals surface area contributed by atoms with Crippen LogP contribution in [0.2, 0.25) is 0 Å². The van der Waals surface area contributed by atoms with Crippen molar-refractivity contribution in [2.24, 2.45) is 17.6 Å². The number of thiophene rings is 1. The second-order valence-corrected chi connectivity index (χ2v) is 6.59. The number of amides is 1. The average molecular weight is 290 g/mol. The lowest BCUT2D eigenvalue weighted by molar-refractivity contribution is 0.0900. The molecule has 1 aromatic heterocycles. The molecule has 4 heteroatoms. The summed E-state index contributed by atoms with van der Waals surface area (Å²) < 4.78 is 0. The molecule has 0 aromatic carbocycles. The Labute approximate surface area is 124 Å². The van der Waals surface area contributed by atoms with Crippen LogP contribution in [-0.2, 0) is 0 Å². The van der Waals surface area contributed by atoms with Gasteiger partial charge in [-0.1, -0.05) is 25.7 Å². The topological polar surface area (TPSA) is 55.1 Å². The second-order valence-electron chi connectivity index (χ2n) is 5.68. The smallest absolute Gasteiger partial charge is 0.252 e. The van der Waals surface area contributed by atoms with Crippen molar-refractivity contribution < 1.29 is 4.79 Å². The van der Waals surface area contributed by atoms with Crippen molar-refractivity contribution in [3.8, 4) is 11.8 Å². The lowest BCUT2D eigenvalue weighted by Gasteiger charge is -2.33. The molecule has 20 heavy (non-hydrogen) atoms. The first-order valence-electron chi connectivity index (χ1n) is 7.18. The van der Waals surface area contributed by atoms with E-state index >= 15 is 0 Å². The Morgan fingerprint density at radius 1 is 1.50 bits per heavy atom. The van der Waals surface area contributed by atoms with E-state index in [4.69, 9.17) is 5.73 Å². The molecule has 3 N–H and O–H groups in total. The van der Waals surface area contributed by atoms with Crippen molar-refractivity contribution in [3.05, 3.63) is 21.9 Å². The van der Waals surface area contributed by atoms with Gasteiger partial charge in [0, 0.05) is 11.4 Å². The van der Waals surface area contributed by atoms with Gasteiger partial charge >= 0.3 is 0 Å². The molecule has 108 valence electrons. The predicted molar refractivity (Wildman–Crippen MR) is 83.7 cm³/mol. The molecule has 1 aromatic rings. The summed E-state index contributed by atoms with van der Waals surface area (Å²) in [7, 11) is 0. The first kappa shape index (κ1) is 15.1. The lowest BCUT2D eigenvalue weighted by atomic mass is 9.80. The molecule has 1 amide bonds. The van der Waals surface area contributed by atoms with E-state index in [1.807, 2.05) is 11.4 Å². The van der Waals surface area contributed by atoms with Gasteiger partial charge in [0.05, 0.1) is 17.0 Å². The Morgan fingerprint density at radius 3 is 3.00 bits per heavy atom. The molecule has 3 unspecified atom stereocenters. The minimum absolute atomic E-state index is 0.0217. The minimum Gasteiger partial charge on any atom is -0.349 e. The molecule has 1 fully saturated rings. The Kier molecular flexibility index (Phi) is 5.22. The maximum absolute atomic E-state index is 12.2. The summed E-state index contributed by atoms with van der Waals surface area (Å²) in [6.07, 6.45) is 3.48. The van der Waals surface area contributed by atoms with E-state index in [0.29, 0.717) is 24.1 Å². The zero-order chi connectivity index (χ0) is 14.5. The first-order chi connectivity index (χ1) is 9.60. The quantitative estimate of drug-likeness (QED) is 0.823. The Bertz CT molecular complexity index is 526. The van der Waals surface area contributed by atoms with Crippen molar-refractivity contribution in [2.75, 3.05) is 6.54 Å². The van der Waals surface area contributed by atoms with Crippen molar-refractivity contribution in [1.82, 2.24) is 5.32 Å². The molecule has 0 saturated heterocycles. The van der Waals surface area contributed by atoms with Crippen LogP contribution in [0.15, 0.2) is 11.4 Å². The summed E-state index contributed by atoms with van der Waals surface area (Å²) in [6, 6.07) is 2.15. The van der Waals surface area contributed by atoms with Crippen LogP contribution in [-0.4, -0.2) is 18.5 Å². The van der Waals surface area contributed by atoms with Crippen molar-refractivity contribution in [2.45, 2.75) is 39.2 Å². The van der Waals surface area contributed by atoms with Crippen LogP contribution in [0.1, 0.15) is 48.3 Å². The highest BCUT2D eigenvalue weighted by Gasteiger charge is 2.26. The third kappa shape index (κ3) is 3.84. The van der Waals surface area contributed by atoms with Gasteiger partial charge in [-0.25, -0.2) is 0 Å². The van der Waals surface area contributed by atoms with Gasteiger partial charge in [-0.3, -0.25) is 4.79 Å². The monoisotopic (exact) mass is 290 g/mol. The highest BCUT2D eigenvalue weighted by Crippen LogP contribution is 2.28. The average Bonchev–Trinajstić information content (AvgIpc) is 2.88. The van der Waals surface area contributed by atoms with Crippen LogP contribution in [0, 0.1) is 23.7 Å². The fraction of sp³-hybridized carbons (Fsp3) is 0.562. The van der Waals surface area contributed by atoms with E-state index < -0.39 is 0 Å². The molecule has 1 saturated carbocycles. The van der Waals surface area contributed by atoms with Crippen LogP contribution in [0.25, 0.3) is 0 Å². The van der Waals surface area contributed by atoms with Crippen LogP contribution in [0.4, 0.5) is 0 Å². The number of rotatable bonds is 2. The molecule has 0 radical (unpaired) electrons. The first-order valence-corrected chi connectivity index (χ1v) is 8.06. The molecule has 1 aliphatic carbocycles. The summed E-state index contributed by atoms with van der Waals surface area (Å²) in [5.41, 5.74) is 6.06. The number of hydrogen-bond donors (Lipinski definition) is 2. The van der Waals surface area contributed by atoms with Gasteiger partial charge in [0.15, 0.2) is 0 Å². The molecule has 3 atom stereocenters. The number of nitrogens with two attached hydrogens (primary N) is 1. The van der Waals surface area contributed by atoms with Gasteiger partial charge in [0.25, 0.3) is 5.91 Å². The highest BCUT2D eigenvalue weighted by molar-refractivity contribution is 7.10. The van der Waals surface area contributed by atoms with Crippen molar-refractivity contribution in [3.63, 3.8) is 0 Å². The van der Waals surface area contributed by atoms with Gasteiger partial charge in [-0.05, 0) is 37.2 Å². The van der Waals surface area contributed by atoms with E-state index in [1.54, 1.807) is 0 Å². The molecule has 2 rings (SSSR count). The molecule has 3 nitrogen and oxygen atoms in total. The molecule has 1 heterocycles. The van der Waals surface area contributed by atoms with E-state index in [0.717, 1.165) is 17.2 Å². The summed E-state index contributed by atoms with van der Waals surface area (Å²) >= 11 is 1.49. The van der Waals surface area contributed by atoms with Crippen molar-refractivity contribution in [1.29, 1.82) is 0 Å². The number of carbonyl (C=O) groups is 1. The van der Waals surface area contributed by atoms with Gasteiger partial charge in [-0.2, -0.15) is 0 Å². The van der Waals surface area contributed by atoms with E-state index in [2.05, 4.69) is 31.0 Å². The van der Waals surface area contributed by atoms with Crippen molar-refractivity contribution >= 4 is 17.2 Å². The normalized spacial score (nSPS) is 25.6. The maximum atomic E-state index is 12.2. The third-order valence-electron chi connectivity index (χ3n) is 3.92. The Balaban J connectivity index is 1.96. The van der Waals surface area contributed by atoms with E-state index in [-0.39, 0.29) is 5.91 Å². The van der Waals surface area contributed by atoms with Crippen LogP contribution in [0.5, 0.6) is 0 Å². The molecule has 0 spiro atoms. The summed E-state index contributed by atoms with van der Waals surface area (Å²) in [6.45, 7) is 4.86. The van der Waals surface area contributed by atoms with Crippen LogP contribution >= 0.6 is 11.3 Å². The highest BCUT2D eigenvalue weighted by atomic mass is 32.1. The zero-order valence-corrected chi connectivity index (χ0v) is 12.9. The van der Waals surface area contributed by atoms with Crippen LogP contribution in [0.3, 0.4) is 0 Å². The van der Waals surface area contributed by atoms with Crippen LogP contribution < -0.4 is 11.1 Å². The molecule has 1 aliphatic rings. The molecular formula is C16H22N2OS.